The number of aliphatic imine (C=N–C) groups is 1. The Morgan fingerprint density at radius 3 is 2.28 bits per heavy atom. The molecule has 5 nitrogen and oxygen atoms in total. The predicted octanol–water partition coefficient (Wildman–Crippen LogP) is 4.00. The number of nitrogens with zero attached hydrogens (tertiary/aromatic N) is 3. The third kappa shape index (κ3) is 4.76. The molecule has 1 N–H and O–H groups in total. The fraction of sp³-hybridized carbons (Fsp3) is 0.333. The lowest BCUT2D eigenvalue weighted by molar-refractivity contribution is -0.137. The summed E-state index contributed by atoms with van der Waals surface area (Å²) in [6.45, 7) is 3.39. The van der Waals surface area contributed by atoms with Crippen LogP contribution in [0.25, 0.3) is 0 Å². The first-order chi connectivity index (χ1) is 13.9. The Morgan fingerprint density at radius 2 is 1.79 bits per heavy atom. The number of rotatable bonds is 4. The molecule has 0 saturated carbocycles. The average Bonchev–Trinajstić information content (AvgIpc) is 2.67. The van der Waals surface area contributed by atoms with E-state index in [1.54, 1.807) is 19.2 Å². The van der Waals surface area contributed by atoms with Crippen LogP contribution in [0.5, 0.6) is 0 Å². The molecule has 1 heterocycles. The van der Waals surface area contributed by atoms with E-state index in [-0.39, 0.29) is 5.69 Å². The molecule has 29 heavy (non-hydrogen) atoms. The Bertz CT molecular complexity index is 878. The normalized spacial score (nSPS) is 13.9. The highest BCUT2D eigenvalue weighted by atomic mass is 19.4. The fourth-order valence-corrected chi connectivity index (χ4v) is 3.13. The van der Waals surface area contributed by atoms with Crippen molar-refractivity contribution >= 4 is 23.6 Å². The number of aliphatic hydroxyl groups is 1. The maximum Gasteiger partial charge on any atom is 0.416 e. The van der Waals surface area contributed by atoms with Crippen LogP contribution in [0.3, 0.4) is 0 Å². The van der Waals surface area contributed by atoms with Gasteiger partial charge in [0.15, 0.2) is 0 Å². The van der Waals surface area contributed by atoms with E-state index in [9.17, 15) is 18.0 Å². The summed E-state index contributed by atoms with van der Waals surface area (Å²) in [5.41, 5.74) is 1.18. The van der Waals surface area contributed by atoms with Gasteiger partial charge in [0, 0.05) is 32.8 Å². The monoisotopic (exact) mass is 407 g/mol. The maximum atomic E-state index is 13.3. The molecule has 3 rings (SSSR count). The molecule has 2 aromatic rings. The summed E-state index contributed by atoms with van der Waals surface area (Å²) in [6, 6.07) is 10.5. The van der Waals surface area contributed by atoms with Crippen molar-refractivity contribution in [3.05, 3.63) is 59.2 Å². The zero-order valence-corrected chi connectivity index (χ0v) is 16.6. The second kappa shape index (κ2) is 9.56. The molecule has 0 bridgehead atoms. The number of carbonyl (C=O) groups excluding carboxylic acids is 1. The average molecular weight is 407 g/mol. The molecule has 0 unspecified atom stereocenters. The highest BCUT2D eigenvalue weighted by Gasteiger charge is 2.33. The van der Waals surface area contributed by atoms with Gasteiger partial charge in [-0.25, -0.2) is 0 Å². The Morgan fingerprint density at radius 1 is 1.14 bits per heavy atom. The van der Waals surface area contributed by atoms with Gasteiger partial charge in [-0.1, -0.05) is 18.2 Å². The zero-order chi connectivity index (χ0) is 21.6. The van der Waals surface area contributed by atoms with Crippen molar-refractivity contribution in [1.29, 1.82) is 0 Å². The van der Waals surface area contributed by atoms with E-state index in [1.165, 1.54) is 11.0 Å². The topological polar surface area (TPSA) is 56.1 Å². The molecular weight excluding hydrogens is 383 g/mol. The number of halogens is 3. The van der Waals surface area contributed by atoms with Gasteiger partial charge in [0.25, 0.3) is 0 Å². The van der Waals surface area contributed by atoms with Gasteiger partial charge in [0.05, 0.1) is 16.9 Å². The number of likely N-dealkylation sites (tertiary alicyclic amines) is 1. The van der Waals surface area contributed by atoms with Crippen LogP contribution in [0.1, 0.15) is 23.1 Å². The Kier molecular flexibility index (Phi) is 7.39. The molecule has 0 aromatic heterocycles. The minimum atomic E-state index is -4.51. The van der Waals surface area contributed by atoms with Crippen LogP contribution >= 0.6 is 0 Å². The van der Waals surface area contributed by atoms with E-state index >= 15 is 0 Å². The molecule has 0 radical (unpaired) electrons. The molecular formula is C21H24F3N3O2. The van der Waals surface area contributed by atoms with E-state index in [0.717, 1.165) is 44.3 Å². The summed E-state index contributed by atoms with van der Waals surface area (Å²) in [7, 11) is 2.61. The molecule has 1 amide bonds. The fourth-order valence-electron chi connectivity index (χ4n) is 3.13. The van der Waals surface area contributed by atoms with Crippen molar-refractivity contribution in [2.75, 3.05) is 32.1 Å². The summed E-state index contributed by atoms with van der Waals surface area (Å²) in [5.74, 6) is 0.588. The van der Waals surface area contributed by atoms with E-state index in [2.05, 4.69) is 4.99 Å². The number of carbonyl (C=O) groups is 1. The first kappa shape index (κ1) is 22.4. The van der Waals surface area contributed by atoms with Gasteiger partial charge in [-0.15, -0.1) is 0 Å². The molecule has 2 aromatic carbocycles. The minimum Gasteiger partial charge on any atom is -0.400 e. The molecule has 1 fully saturated rings. The lowest BCUT2D eigenvalue weighted by atomic mass is 10.0. The molecule has 0 aliphatic carbocycles. The summed E-state index contributed by atoms with van der Waals surface area (Å²) >= 11 is 0. The maximum absolute atomic E-state index is 13.3. The lowest BCUT2D eigenvalue weighted by Gasteiger charge is -2.35. The largest absolute Gasteiger partial charge is 0.416 e. The van der Waals surface area contributed by atoms with E-state index < -0.39 is 11.7 Å². The summed E-state index contributed by atoms with van der Waals surface area (Å²) in [4.78, 5) is 19.5. The second-order valence-electron chi connectivity index (χ2n) is 6.38. The van der Waals surface area contributed by atoms with Crippen molar-refractivity contribution in [2.24, 2.45) is 4.99 Å². The van der Waals surface area contributed by atoms with Crippen molar-refractivity contribution in [3.63, 3.8) is 0 Å². The number of hydrogen-bond donors (Lipinski definition) is 1. The van der Waals surface area contributed by atoms with Crippen LogP contribution in [0, 0.1) is 6.92 Å². The number of anilines is 2. The third-order valence-electron chi connectivity index (χ3n) is 4.67. The van der Waals surface area contributed by atoms with Gasteiger partial charge in [0.1, 0.15) is 5.84 Å². The Balaban J connectivity index is 0.00000145. The van der Waals surface area contributed by atoms with Gasteiger partial charge >= 0.3 is 6.18 Å². The molecule has 1 aliphatic rings. The highest BCUT2D eigenvalue weighted by molar-refractivity contribution is 6.07. The smallest absolute Gasteiger partial charge is 0.400 e. The summed E-state index contributed by atoms with van der Waals surface area (Å²) in [5, 5.41) is 7.00. The van der Waals surface area contributed by atoms with Crippen LogP contribution in [-0.4, -0.2) is 49.5 Å². The van der Waals surface area contributed by atoms with Gasteiger partial charge in [-0.05, 0) is 43.2 Å². The van der Waals surface area contributed by atoms with Gasteiger partial charge in [0.2, 0.25) is 6.41 Å². The number of amidine groups is 1. The number of aryl methyl sites for hydroxylation is 1. The van der Waals surface area contributed by atoms with Crippen molar-refractivity contribution in [1.82, 2.24) is 4.90 Å². The predicted molar refractivity (Wildman–Crippen MR) is 108 cm³/mol. The number of hydrogen-bond acceptors (Lipinski definition) is 3. The minimum absolute atomic E-state index is 0.168. The Labute approximate surface area is 168 Å². The molecule has 1 aliphatic heterocycles. The van der Waals surface area contributed by atoms with Crippen LogP contribution < -0.4 is 4.90 Å². The van der Waals surface area contributed by atoms with Crippen LogP contribution in [0.15, 0.2) is 47.5 Å². The number of para-hydroxylation sites is 1. The molecule has 1 saturated heterocycles. The first-order valence-electron chi connectivity index (χ1n) is 9.05. The molecule has 156 valence electrons. The quantitative estimate of drug-likeness (QED) is 0.474. The Hall–Kier alpha value is -2.87. The molecule has 0 spiro atoms. The molecule has 8 heteroatoms. The van der Waals surface area contributed by atoms with Crippen molar-refractivity contribution in [2.45, 2.75) is 19.5 Å². The second-order valence-corrected chi connectivity index (χ2v) is 6.38. The highest BCUT2D eigenvalue weighted by Crippen LogP contribution is 2.37. The lowest BCUT2D eigenvalue weighted by Crippen LogP contribution is -2.43. The van der Waals surface area contributed by atoms with Crippen molar-refractivity contribution in [3.8, 4) is 0 Å². The number of alkyl halides is 3. The van der Waals surface area contributed by atoms with Crippen LogP contribution in [-0.2, 0) is 11.0 Å². The summed E-state index contributed by atoms with van der Waals surface area (Å²) < 4.78 is 40.0. The van der Waals surface area contributed by atoms with Gasteiger partial charge < -0.3 is 10.0 Å². The van der Waals surface area contributed by atoms with E-state index in [4.69, 9.17) is 5.11 Å². The van der Waals surface area contributed by atoms with Crippen LogP contribution in [0.4, 0.5) is 24.5 Å². The third-order valence-corrected chi connectivity index (χ3v) is 4.67. The SMILES string of the molecule is CN=C(c1ccc(C(F)(F)F)cc1N(C=O)c1ccccc1C)N1CCC1.CO. The van der Waals surface area contributed by atoms with Gasteiger partial charge in [-0.3, -0.25) is 14.7 Å². The van der Waals surface area contributed by atoms with E-state index in [0.29, 0.717) is 23.5 Å². The van der Waals surface area contributed by atoms with Crippen LogP contribution in [0.2, 0.25) is 0 Å². The first-order valence-corrected chi connectivity index (χ1v) is 9.05. The van der Waals surface area contributed by atoms with Gasteiger partial charge in [-0.2, -0.15) is 13.2 Å². The van der Waals surface area contributed by atoms with Crippen molar-refractivity contribution < 1.29 is 23.1 Å². The number of aliphatic hydroxyl groups excluding tert-OH is 1. The zero-order valence-electron chi connectivity index (χ0n) is 16.6. The summed E-state index contributed by atoms with van der Waals surface area (Å²) in [6.07, 6.45) is -2.96. The standard InChI is InChI=1S/C20H20F3N3O.CH4O/c1-14-6-3-4-7-17(14)26(13-27)18-12-15(20(21,22)23)8-9-16(18)19(24-2)25-10-5-11-25;1-2/h3-4,6-9,12-13H,5,10-11H2,1-2H3;2H,1H3. The number of amides is 1. The number of benzene rings is 2. The van der Waals surface area contributed by atoms with E-state index in [1.807, 2.05) is 24.0 Å². The molecule has 0 atom stereocenters.